The van der Waals surface area contributed by atoms with Crippen LogP contribution in [0, 0.1) is 0 Å². The van der Waals surface area contributed by atoms with Gasteiger partial charge in [0.25, 0.3) is 0 Å². The van der Waals surface area contributed by atoms with Crippen LogP contribution in [0.5, 0.6) is 5.75 Å². The summed E-state index contributed by atoms with van der Waals surface area (Å²) in [4.78, 5) is 11.2. The third-order valence-electron chi connectivity index (χ3n) is 1.57. The van der Waals surface area contributed by atoms with Gasteiger partial charge in [0.2, 0.25) is 11.2 Å². The Morgan fingerprint density at radius 3 is 2.65 bits per heavy atom. The minimum Gasteiger partial charge on any atom is -0.463 e. The standard InChI is InChI=1S/C9H9F3O5/c10-9(11,12)4-15-5-17-8-3-16-6(2-13)1-7(8)14/h1,3,13H,2,4-5H2. The van der Waals surface area contributed by atoms with Gasteiger partial charge in [0.15, 0.2) is 6.79 Å². The fourth-order valence-electron chi connectivity index (χ4n) is 0.889. The number of hydrogen-bond donors (Lipinski definition) is 1. The number of rotatable bonds is 5. The van der Waals surface area contributed by atoms with Gasteiger partial charge in [-0.25, -0.2) is 0 Å². The maximum atomic E-state index is 11.7. The Kier molecular flexibility index (Phi) is 4.53. The van der Waals surface area contributed by atoms with Crippen LogP contribution in [0.4, 0.5) is 13.2 Å². The van der Waals surface area contributed by atoms with E-state index in [-0.39, 0.29) is 11.5 Å². The molecule has 0 spiro atoms. The molecule has 1 aromatic heterocycles. The fourth-order valence-corrected chi connectivity index (χ4v) is 0.889. The lowest BCUT2D eigenvalue weighted by atomic mass is 10.4. The van der Waals surface area contributed by atoms with Crippen LogP contribution in [0.1, 0.15) is 5.76 Å². The summed E-state index contributed by atoms with van der Waals surface area (Å²) in [6.45, 7) is -2.64. The molecule has 0 aromatic carbocycles. The van der Waals surface area contributed by atoms with Crippen molar-refractivity contribution in [3.05, 3.63) is 28.3 Å². The van der Waals surface area contributed by atoms with Crippen LogP contribution in [0.3, 0.4) is 0 Å². The molecule has 1 N–H and O–H groups in total. The SMILES string of the molecule is O=c1cc(CO)occ1OCOCC(F)(F)F. The number of hydrogen-bond acceptors (Lipinski definition) is 5. The van der Waals surface area contributed by atoms with Crippen LogP contribution in [0.2, 0.25) is 0 Å². The second-order valence-electron chi connectivity index (χ2n) is 2.96. The highest BCUT2D eigenvalue weighted by Gasteiger charge is 2.27. The average molecular weight is 254 g/mol. The second-order valence-corrected chi connectivity index (χ2v) is 2.96. The summed E-state index contributed by atoms with van der Waals surface area (Å²) in [6, 6.07) is 0.971. The molecule has 1 rings (SSSR count). The lowest BCUT2D eigenvalue weighted by Crippen LogP contribution is -2.20. The van der Waals surface area contributed by atoms with Gasteiger partial charge in [0.1, 0.15) is 25.2 Å². The van der Waals surface area contributed by atoms with Gasteiger partial charge in [-0.2, -0.15) is 13.2 Å². The van der Waals surface area contributed by atoms with Gasteiger partial charge >= 0.3 is 6.18 Å². The zero-order chi connectivity index (χ0) is 12.9. The smallest absolute Gasteiger partial charge is 0.411 e. The summed E-state index contributed by atoms with van der Waals surface area (Å²) in [7, 11) is 0. The third kappa shape index (κ3) is 4.87. The zero-order valence-electron chi connectivity index (χ0n) is 8.49. The molecule has 0 radical (unpaired) electrons. The van der Waals surface area contributed by atoms with E-state index in [9.17, 15) is 18.0 Å². The van der Waals surface area contributed by atoms with E-state index in [1.807, 2.05) is 0 Å². The first kappa shape index (κ1) is 13.5. The summed E-state index contributed by atoms with van der Waals surface area (Å²) in [5.41, 5.74) is -0.615. The van der Waals surface area contributed by atoms with E-state index in [0.29, 0.717) is 0 Å². The first-order valence-electron chi connectivity index (χ1n) is 4.42. The highest BCUT2D eigenvalue weighted by Crippen LogP contribution is 2.14. The summed E-state index contributed by atoms with van der Waals surface area (Å²) in [5.74, 6) is -0.261. The molecule has 96 valence electrons. The van der Waals surface area contributed by atoms with Gasteiger partial charge in [-0.05, 0) is 0 Å². The minimum atomic E-state index is -4.45. The largest absolute Gasteiger partial charge is 0.463 e. The highest BCUT2D eigenvalue weighted by atomic mass is 19.4. The van der Waals surface area contributed by atoms with Crippen molar-refractivity contribution in [3.8, 4) is 5.75 Å². The van der Waals surface area contributed by atoms with Gasteiger partial charge in [0.05, 0.1) is 0 Å². The predicted octanol–water partition coefficient (Wildman–Crippen LogP) is 1.05. The maximum Gasteiger partial charge on any atom is 0.411 e. The number of alkyl halides is 3. The summed E-state index contributed by atoms with van der Waals surface area (Å²) >= 11 is 0. The zero-order valence-corrected chi connectivity index (χ0v) is 8.49. The molecule has 0 atom stereocenters. The monoisotopic (exact) mass is 254 g/mol. The van der Waals surface area contributed by atoms with Gasteiger partial charge in [-0.15, -0.1) is 0 Å². The van der Waals surface area contributed by atoms with E-state index in [4.69, 9.17) is 9.52 Å². The molecule has 0 aliphatic carbocycles. The van der Waals surface area contributed by atoms with Crippen LogP contribution < -0.4 is 10.2 Å². The Morgan fingerprint density at radius 2 is 2.12 bits per heavy atom. The Labute approximate surface area is 93.4 Å². The van der Waals surface area contributed by atoms with E-state index in [2.05, 4.69) is 9.47 Å². The van der Waals surface area contributed by atoms with Crippen LogP contribution in [0.25, 0.3) is 0 Å². The third-order valence-corrected chi connectivity index (χ3v) is 1.57. The Hall–Kier alpha value is -1.54. The van der Waals surface area contributed by atoms with Gasteiger partial charge < -0.3 is 19.0 Å². The summed E-state index contributed by atoms with van der Waals surface area (Å²) < 4.78 is 48.5. The first-order chi connectivity index (χ1) is 7.92. The van der Waals surface area contributed by atoms with Crippen molar-refractivity contribution < 1.29 is 32.2 Å². The van der Waals surface area contributed by atoms with E-state index in [0.717, 1.165) is 12.3 Å². The summed E-state index contributed by atoms with van der Waals surface area (Å²) in [5, 5.41) is 8.63. The summed E-state index contributed by atoms with van der Waals surface area (Å²) in [6.07, 6.45) is -3.56. The van der Waals surface area contributed by atoms with E-state index < -0.39 is 31.6 Å². The van der Waals surface area contributed by atoms with Crippen molar-refractivity contribution >= 4 is 0 Å². The molecule has 0 aliphatic heterocycles. The van der Waals surface area contributed by atoms with E-state index in [1.165, 1.54) is 0 Å². The average Bonchev–Trinajstić information content (AvgIpc) is 2.24. The molecule has 17 heavy (non-hydrogen) atoms. The molecule has 1 heterocycles. The van der Waals surface area contributed by atoms with E-state index >= 15 is 0 Å². The van der Waals surface area contributed by atoms with Crippen molar-refractivity contribution in [2.75, 3.05) is 13.4 Å². The topological polar surface area (TPSA) is 68.9 Å². The molecule has 0 fully saturated rings. The molecule has 0 aliphatic rings. The normalized spacial score (nSPS) is 11.5. The van der Waals surface area contributed by atoms with Crippen molar-refractivity contribution in [2.24, 2.45) is 0 Å². The molecule has 0 amide bonds. The van der Waals surface area contributed by atoms with Crippen LogP contribution >= 0.6 is 0 Å². The van der Waals surface area contributed by atoms with Crippen molar-refractivity contribution in [1.82, 2.24) is 0 Å². The second kappa shape index (κ2) is 5.69. The quantitative estimate of drug-likeness (QED) is 0.628. The lowest BCUT2D eigenvalue weighted by molar-refractivity contribution is -0.187. The highest BCUT2D eigenvalue weighted by molar-refractivity contribution is 5.17. The predicted molar refractivity (Wildman–Crippen MR) is 48.4 cm³/mol. The fraction of sp³-hybridized carbons (Fsp3) is 0.444. The van der Waals surface area contributed by atoms with Crippen molar-refractivity contribution in [1.29, 1.82) is 0 Å². The number of ether oxygens (including phenoxy) is 2. The molecule has 8 heteroatoms. The Bertz CT molecular complexity index is 412. The number of aliphatic hydroxyl groups is 1. The lowest BCUT2D eigenvalue weighted by Gasteiger charge is -2.08. The molecule has 0 bridgehead atoms. The van der Waals surface area contributed by atoms with Crippen molar-refractivity contribution in [3.63, 3.8) is 0 Å². The van der Waals surface area contributed by atoms with Gasteiger partial charge in [0, 0.05) is 6.07 Å². The van der Waals surface area contributed by atoms with Crippen molar-refractivity contribution in [2.45, 2.75) is 12.8 Å². The molecule has 1 aromatic rings. The minimum absolute atomic E-state index is 0.0264. The number of halogens is 3. The molecular formula is C9H9F3O5. The Morgan fingerprint density at radius 1 is 1.41 bits per heavy atom. The number of aliphatic hydroxyl groups excluding tert-OH is 1. The van der Waals surface area contributed by atoms with Gasteiger partial charge in [-0.3, -0.25) is 4.79 Å². The van der Waals surface area contributed by atoms with E-state index in [1.54, 1.807) is 0 Å². The Balaban J connectivity index is 2.45. The molecular weight excluding hydrogens is 245 g/mol. The van der Waals surface area contributed by atoms with Crippen LogP contribution in [0.15, 0.2) is 21.5 Å². The molecule has 0 saturated carbocycles. The first-order valence-corrected chi connectivity index (χ1v) is 4.42. The molecule has 5 nitrogen and oxygen atoms in total. The van der Waals surface area contributed by atoms with Crippen LogP contribution in [-0.2, 0) is 11.3 Å². The molecule has 0 unspecified atom stereocenters. The van der Waals surface area contributed by atoms with Crippen LogP contribution in [-0.4, -0.2) is 24.7 Å². The maximum absolute atomic E-state index is 11.7. The molecule has 0 saturated heterocycles. The van der Waals surface area contributed by atoms with Gasteiger partial charge in [-0.1, -0.05) is 0 Å².